The monoisotopic (exact) mass is 234 g/mol. The lowest BCUT2D eigenvalue weighted by Crippen LogP contribution is -2.28. The van der Waals surface area contributed by atoms with E-state index in [0.717, 1.165) is 25.3 Å². The molecule has 1 aromatic heterocycles. The Morgan fingerprint density at radius 2 is 2.06 bits per heavy atom. The molecular formula is C13H22N4. The van der Waals surface area contributed by atoms with Crippen LogP contribution in [0, 0.1) is 0 Å². The molecule has 4 heteroatoms. The van der Waals surface area contributed by atoms with E-state index in [0.29, 0.717) is 0 Å². The largest absolute Gasteiger partial charge is 0.369 e. The number of nitrogens with two attached hydrogens (primary N) is 1. The summed E-state index contributed by atoms with van der Waals surface area (Å²) in [4.78, 5) is 9.21. The van der Waals surface area contributed by atoms with Gasteiger partial charge < -0.3 is 15.5 Å². The van der Waals surface area contributed by atoms with E-state index in [1.54, 1.807) is 0 Å². The summed E-state index contributed by atoms with van der Waals surface area (Å²) in [5.41, 5.74) is 7.97. The van der Waals surface area contributed by atoms with E-state index in [1.807, 2.05) is 19.2 Å². The molecule has 17 heavy (non-hydrogen) atoms. The zero-order chi connectivity index (χ0) is 12.3. The SMILES string of the molecule is CC(N)c1ccc(N2CCCN(C)CC2)cn1. The molecule has 0 radical (unpaired) electrons. The van der Waals surface area contributed by atoms with Crippen LogP contribution in [0.4, 0.5) is 5.69 Å². The molecule has 94 valence electrons. The van der Waals surface area contributed by atoms with Crippen molar-refractivity contribution < 1.29 is 0 Å². The van der Waals surface area contributed by atoms with E-state index in [1.165, 1.54) is 18.7 Å². The second kappa shape index (κ2) is 5.47. The molecule has 2 heterocycles. The summed E-state index contributed by atoms with van der Waals surface area (Å²) in [5.74, 6) is 0. The van der Waals surface area contributed by atoms with Gasteiger partial charge in [-0.25, -0.2) is 0 Å². The van der Waals surface area contributed by atoms with Crippen LogP contribution in [0.2, 0.25) is 0 Å². The standard InChI is InChI=1S/C13H22N4/c1-11(14)13-5-4-12(10-15-13)17-7-3-6-16(2)8-9-17/h4-5,10-11H,3,6-9,14H2,1-2H3. The minimum absolute atomic E-state index is 0.0133. The first-order valence-electron chi connectivity index (χ1n) is 6.32. The van der Waals surface area contributed by atoms with Crippen molar-refractivity contribution in [1.82, 2.24) is 9.88 Å². The molecule has 0 saturated carbocycles. The van der Waals surface area contributed by atoms with Gasteiger partial charge in [0.2, 0.25) is 0 Å². The molecular weight excluding hydrogens is 212 g/mol. The van der Waals surface area contributed by atoms with Gasteiger partial charge in [-0.05, 0) is 39.1 Å². The van der Waals surface area contributed by atoms with Crippen molar-refractivity contribution in [1.29, 1.82) is 0 Å². The molecule has 1 aliphatic heterocycles. The zero-order valence-electron chi connectivity index (χ0n) is 10.8. The van der Waals surface area contributed by atoms with Crippen LogP contribution in [0.25, 0.3) is 0 Å². The van der Waals surface area contributed by atoms with Crippen molar-refractivity contribution in [2.45, 2.75) is 19.4 Å². The van der Waals surface area contributed by atoms with Gasteiger partial charge in [0.25, 0.3) is 0 Å². The normalized spacial score (nSPS) is 20.1. The lowest BCUT2D eigenvalue weighted by atomic mass is 10.2. The van der Waals surface area contributed by atoms with Crippen molar-refractivity contribution in [3.05, 3.63) is 24.0 Å². The summed E-state index contributed by atoms with van der Waals surface area (Å²) in [6, 6.07) is 4.19. The van der Waals surface area contributed by atoms with Gasteiger partial charge in [0.15, 0.2) is 0 Å². The first-order valence-corrected chi connectivity index (χ1v) is 6.32. The van der Waals surface area contributed by atoms with E-state index in [2.05, 4.69) is 27.9 Å². The molecule has 0 amide bonds. The smallest absolute Gasteiger partial charge is 0.0569 e. The Bertz CT molecular complexity index is 347. The molecule has 2 N–H and O–H groups in total. The summed E-state index contributed by atoms with van der Waals surface area (Å²) in [6.07, 6.45) is 3.16. The summed E-state index contributed by atoms with van der Waals surface area (Å²) in [7, 11) is 2.18. The van der Waals surface area contributed by atoms with Crippen LogP contribution in [0.1, 0.15) is 25.1 Å². The average molecular weight is 234 g/mol. The third-order valence-electron chi connectivity index (χ3n) is 3.32. The molecule has 1 atom stereocenters. The Kier molecular flexibility index (Phi) is 3.97. The van der Waals surface area contributed by atoms with Gasteiger partial charge in [0.1, 0.15) is 0 Å². The molecule has 0 bridgehead atoms. The molecule has 0 aliphatic carbocycles. The van der Waals surface area contributed by atoms with Crippen molar-refractivity contribution in [2.75, 3.05) is 38.1 Å². The Balaban J connectivity index is 2.06. The highest BCUT2D eigenvalue weighted by Crippen LogP contribution is 2.17. The molecule has 0 spiro atoms. The molecule has 1 aliphatic rings. The predicted octanol–water partition coefficient (Wildman–Crippen LogP) is 1.24. The van der Waals surface area contributed by atoms with Crippen LogP contribution >= 0.6 is 0 Å². The highest BCUT2D eigenvalue weighted by Gasteiger charge is 2.13. The van der Waals surface area contributed by atoms with Gasteiger partial charge in [0.05, 0.1) is 17.6 Å². The minimum atomic E-state index is 0.0133. The predicted molar refractivity (Wildman–Crippen MR) is 71.2 cm³/mol. The fourth-order valence-corrected chi connectivity index (χ4v) is 2.16. The Morgan fingerprint density at radius 1 is 1.24 bits per heavy atom. The number of aromatic nitrogens is 1. The third kappa shape index (κ3) is 3.17. The fourth-order valence-electron chi connectivity index (χ4n) is 2.16. The average Bonchev–Trinajstić information content (AvgIpc) is 2.54. The lowest BCUT2D eigenvalue weighted by molar-refractivity contribution is 0.360. The number of rotatable bonds is 2. The van der Waals surface area contributed by atoms with E-state index in [4.69, 9.17) is 5.73 Å². The first-order chi connectivity index (χ1) is 8.16. The van der Waals surface area contributed by atoms with Crippen molar-refractivity contribution in [3.63, 3.8) is 0 Å². The van der Waals surface area contributed by atoms with E-state index < -0.39 is 0 Å². The summed E-state index contributed by atoms with van der Waals surface area (Å²) in [5, 5.41) is 0. The van der Waals surface area contributed by atoms with Crippen molar-refractivity contribution >= 4 is 5.69 Å². The molecule has 1 fully saturated rings. The quantitative estimate of drug-likeness (QED) is 0.836. The second-order valence-corrected chi connectivity index (χ2v) is 4.87. The van der Waals surface area contributed by atoms with Crippen molar-refractivity contribution in [3.8, 4) is 0 Å². The maximum atomic E-state index is 5.80. The van der Waals surface area contributed by atoms with E-state index >= 15 is 0 Å². The third-order valence-corrected chi connectivity index (χ3v) is 3.32. The van der Waals surface area contributed by atoms with E-state index in [9.17, 15) is 0 Å². The number of nitrogens with zero attached hydrogens (tertiary/aromatic N) is 3. The number of pyridine rings is 1. The van der Waals surface area contributed by atoms with Crippen LogP contribution in [0.15, 0.2) is 18.3 Å². The molecule has 1 unspecified atom stereocenters. The molecule has 0 aromatic carbocycles. The molecule has 1 aromatic rings. The lowest BCUT2D eigenvalue weighted by Gasteiger charge is -2.22. The fraction of sp³-hybridized carbons (Fsp3) is 0.615. The second-order valence-electron chi connectivity index (χ2n) is 4.87. The van der Waals surface area contributed by atoms with Crippen LogP contribution < -0.4 is 10.6 Å². The highest BCUT2D eigenvalue weighted by atomic mass is 15.2. The van der Waals surface area contributed by atoms with Crippen molar-refractivity contribution in [2.24, 2.45) is 5.73 Å². The topological polar surface area (TPSA) is 45.4 Å². The van der Waals surface area contributed by atoms with Gasteiger partial charge in [0, 0.05) is 25.7 Å². The van der Waals surface area contributed by atoms with Crippen LogP contribution in [0.3, 0.4) is 0 Å². The summed E-state index contributed by atoms with van der Waals surface area (Å²) in [6.45, 7) is 6.46. The number of hydrogen-bond acceptors (Lipinski definition) is 4. The van der Waals surface area contributed by atoms with Gasteiger partial charge in [-0.1, -0.05) is 0 Å². The highest BCUT2D eigenvalue weighted by molar-refractivity contribution is 5.45. The Morgan fingerprint density at radius 3 is 2.71 bits per heavy atom. The first kappa shape index (κ1) is 12.3. The molecule has 2 rings (SSSR count). The number of likely N-dealkylation sites (N-methyl/N-ethyl adjacent to an activating group) is 1. The number of hydrogen-bond donors (Lipinski definition) is 1. The maximum absolute atomic E-state index is 5.80. The van der Waals surface area contributed by atoms with Crippen LogP contribution in [0.5, 0.6) is 0 Å². The molecule has 1 saturated heterocycles. The maximum Gasteiger partial charge on any atom is 0.0569 e. The van der Waals surface area contributed by atoms with Gasteiger partial charge >= 0.3 is 0 Å². The van der Waals surface area contributed by atoms with E-state index in [-0.39, 0.29) is 6.04 Å². The van der Waals surface area contributed by atoms with Gasteiger partial charge in [-0.3, -0.25) is 4.98 Å². The summed E-state index contributed by atoms with van der Waals surface area (Å²) >= 11 is 0. The minimum Gasteiger partial charge on any atom is -0.369 e. The zero-order valence-corrected chi connectivity index (χ0v) is 10.8. The Labute approximate surface area is 103 Å². The van der Waals surface area contributed by atoms with Gasteiger partial charge in [-0.2, -0.15) is 0 Å². The Hall–Kier alpha value is -1.13. The number of anilines is 1. The van der Waals surface area contributed by atoms with Crippen LogP contribution in [-0.2, 0) is 0 Å². The van der Waals surface area contributed by atoms with Gasteiger partial charge in [-0.15, -0.1) is 0 Å². The van der Waals surface area contributed by atoms with Crippen LogP contribution in [-0.4, -0.2) is 43.1 Å². The summed E-state index contributed by atoms with van der Waals surface area (Å²) < 4.78 is 0. The molecule has 4 nitrogen and oxygen atoms in total.